The lowest BCUT2D eigenvalue weighted by atomic mass is 10.2. The van der Waals surface area contributed by atoms with Crippen molar-refractivity contribution in [2.75, 3.05) is 12.9 Å². The third-order valence-corrected chi connectivity index (χ3v) is 3.45. The van der Waals surface area contributed by atoms with Gasteiger partial charge in [-0.2, -0.15) is 0 Å². The standard InChI is InChI=1S/C13H10O6S/c1-18-12(16)9-5-7-4-8(20-6-11(14)15)2-3-10(7)19-13(9)17/h2-5H,6H2,1H3,(H,14,15). The molecule has 0 amide bonds. The highest BCUT2D eigenvalue weighted by Crippen LogP contribution is 2.23. The van der Waals surface area contributed by atoms with Gasteiger partial charge in [0.05, 0.1) is 12.9 Å². The van der Waals surface area contributed by atoms with Gasteiger partial charge in [0.25, 0.3) is 0 Å². The van der Waals surface area contributed by atoms with Crippen LogP contribution in [0.2, 0.25) is 0 Å². The minimum absolute atomic E-state index is 0.0772. The van der Waals surface area contributed by atoms with E-state index in [2.05, 4.69) is 4.74 Å². The van der Waals surface area contributed by atoms with Gasteiger partial charge in [-0.05, 0) is 24.3 Å². The number of methoxy groups -OCH3 is 1. The van der Waals surface area contributed by atoms with Crippen LogP contribution in [0.5, 0.6) is 0 Å². The van der Waals surface area contributed by atoms with Gasteiger partial charge in [-0.15, -0.1) is 11.8 Å². The molecule has 7 heteroatoms. The average Bonchev–Trinajstić information content (AvgIpc) is 2.43. The summed E-state index contributed by atoms with van der Waals surface area (Å²) in [5.41, 5.74) is -0.641. The van der Waals surface area contributed by atoms with Gasteiger partial charge < -0.3 is 14.3 Å². The normalized spacial score (nSPS) is 10.4. The van der Waals surface area contributed by atoms with Crippen LogP contribution in [0.1, 0.15) is 10.4 Å². The number of hydrogen-bond donors (Lipinski definition) is 1. The van der Waals surface area contributed by atoms with Gasteiger partial charge in [0, 0.05) is 10.3 Å². The molecule has 0 saturated carbocycles. The second kappa shape index (κ2) is 5.79. The van der Waals surface area contributed by atoms with Crippen LogP contribution in [0.4, 0.5) is 0 Å². The molecule has 2 aromatic rings. The fraction of sp³-hybridized carbons (Fsp3) is 0.154. The van der Waals surface area contributed by atoms with Crippen LogP contribution >= 0.6 is 11.8 Å². The fourth-order valence-corrected chi connectivity index (χ4v) is 2.25. The minimum atomic E-state index is -0.926. The summed E-state index contributed by atoms with van der Waals surface area (Å²) in [7, 11) is 1.17. The van der Waals surface area contributed by atoms with Crippen LogP contribution in [0.25, 0.3) is 11.0 Å². The molecule has 104 valence electrons. The van der Waals surface area contributed by atoms with E-state index in [1.54, 1.807) is 18.2 Å². The number of thioether (sulfide) groups is 1. The zero-order chi connectivity index (χ0) is 14.7. The van der Waals surface area contributed by atoms with Crippen molar-refractivity contribution in [3.63, 3.8) is 0 Å². The molecule has 0 bridgehead atoms. The molecule has 0 unspecified atom stereocenters. The highest BCUT2D eigenvalue weighted by Gasteiger charge is 2.14. The summed E-state index contributed by atoms with van der Waals surface area (Å²) in [4.78, 5) is 34.2. The molecule has 1 heterocycles. The number of aliphatic carboxylic acids is 1. The zero-order valence-electron chi connectivity index (χ0n) is 10.4. The quantitative estimate of drug-likeness (QED) is 0.521. The first-order chi connectivity index (χ1) is 9.51. The van der Waals surface area contributed by atoms with Gasteiger partial charge in [-0.1, -0.05) is 0 Å². The number of carboxylic acids is 1. The summed E-state index contributed by atoms with van der Waals surface area (Å²) in [6.07, 6.45) is 0. The predicted octanol–water partition coefficient (Wildman–Crippen LogP) is 1.76. The molecule has 1 aromatic heterocycles. The van der Waals surface area contributed by atoms with Crippen LogP contribution in [-0.2, 0) is 9.53 Å². The molecule has 0 saturated heterocycles. The monoisotopic (exact) mass is 294 g/mol. The van der Waals surface area contributed by atoms with Crippen LogP contribution < -0.4 is 5.63 Å². The Balaban J connectivity index is 2.45. The Kier molecular flexibility index (Phi) is 4.09. The van der Waals surface area contributed by atoms with Crippen molar-refractivity contribution in [2.24, 2.45) is 0 Å². The fourth-order valence-electron chi connectivity index (χ4n) is 1.59. The summed E-state index contributed by atoms with van der Waals surface area (Å²) in [5.74, 6) is -1.78. The molecule has 0 spiro atoms. The molecule has 20 heavy (non-hydrogen) atoms. The maximum absolute atomic E-state index is 11.6. The van der Waals surface area contributed by atoms with Crippen LogP contribution in [0.15, 0.2) is 38.4 Å². The summed E-state index contributed by atoms with van der Waals surface area (Å²) in [6.45, 7) is 0. The van der Waals surface area contributed by atoms with Gasteiger partial charge in [0.2, 0.25) is 0 Å². The average molecular weight is 294 g/mol. The van der Waals surface area contributed by atoms with Crippen LogP contribution in [0, 0.1) is 0 Å². The number of benzene rings is 1. The molecule has 0 radical (unpaired) electrons. The van der Waals surface area contributed by atoms with E-state index in [-0.39, 0.29) is 11.3 Å². The zero-order valence-corrected chi connectivity index (χ0v) is 11.2. The van der Waals surface area contributed by atoms with E-state index in [1.807, 2.05) is 0 Å². The number of carbonyl (C=O) groups is 2. The molecular weight excluding hydrogens is 284 g/mol. The van der Waals surface area contributed by atoms with Crippen molar-refractivity contribution in [3.05, 3.63) is 40.2 Å². The van der Waals surface area contributed by atoms with E-state index in [4.69, 9.17) is 9.52 Å². The second-order valence-corrected chi connectivity index (χ2v) is 4.87. The SMILES string of the molecule is COC(=O)c1cc2cc(SCC(=O)O)ccc2oc1=O. The molecule has 1 N–H and O–H groups in total. The van der Waals surface area contributed by atoms with E-state index in [1.165, 1.54) is 13.2 Å². The maximum Gasteiger partial charge on any atom is 0.351 e. The van der Waals surface area contributed by atoms with Gasteiger partial charge in [0.1, 0.15) is 11.1 Å². The van der Waals surface area contributed by atoms with Crippen LogP contribution in [-0.4, -0.2) is 29.9 Å². The molecule has 0 aliphatic carbocycles. The molecule has 6 nitrogen and oxygen atoms in total. The number of ether oxygens (including phenoxy) is 1. The maximum atomic E-state index is 11.6. The lowest BCUT2D eigenvalue weighted by molar-refractivity contribution is -0.133. The molecule has 0 atom stereocenters. The first-order valence-electron chi connectivity index (χ1n) is 5.52. The first kappa shape index (κ1) is 14.1. The Morgan fingerprint density at radius 1 is 1.35 bits per heavy atom. The van der Waals surface area contributed by atoms with Crippen molar-refractivity contribution in [2.45, 2.75) is 4.90 Å². The van der Waals surface area contributed by atoms with E-state index in [9.17, 15) is 14.4 Å². The van der Waals surface area contributed by atoms with Gasteiger partial charge in [-0.25, -0.2) is 9.59 Å². The Hall–Kier alpha value is -2.28. The van der Waals surface area contributed by atoms with E-state index < -0.39 is 17.6 Å². The topological polar surface area (TPSA) is 93.8 Å². The van der Waals surface area contributed by atoms with Crippen molar-refractivity contribution in [3.8, 4) is 0 Å². The van der Waals surface area contributed by atoms with Crippen molar-refractivity contribution in [1.29, 1.82) is 0 Å². The number of fused-ring (bicyclic) bond motifs is 1. The Labute approximate surface area is 117 Å². The predicted molar refractivity (Wildman–Crippen MR) is 72.2 cm³/mol. The number of carbonyl (C=O) groups excluding carboxylic acids is 1. The molecular formula is C13H10O6S. The molecule has 0 aliphatic heterocycles. The highest BCUT2D eigenvalue weighted by atomic mass is 32.2. The second-order valence-electron chi connectivity index (χ2n) is 3.82. The van der Waals surface area contributed by atoms with Crippen molar-refractivity contribution < 1.29 is 23.8 Å². The van der Waals surface area contributed by atoms with Gasteiger partial charge in [0.15, 0.2) is 0 Å². The van der Waals surface area contributed by atoms with Gasteiger partial charge in [-0.3, -0.25) is 4.79 Å². The Morgan fingerprint density at radius 2 is 2.10 bits per heavy atom. The van der Waals surface area contributed by atoms with E-state index >= 15 is 0 Å². The highest BCUT2D eigenvalue weighted by molar-refractivity contribution is 8.00. The van der Waals surface area contributed by atoms with Crippen LogP contribution in [0.3, 0.4) is 0 Å². The first-order valence-corrected chi connectivity index (χ1v) is 6.50. The van der Waals surface area contributed by atoms with Crippen molar-refractivity contribution in [1.82, 2.24) is 0 Å². The molecule has 0 fully saturated rings. The third-order valence-electron chi connectivity index (χ3n) is 2.47. The summed E-state index contributed by atoms with van der Waals surface area (Å²) < 4.78 is 9.51. The Morgan fingerprint density at radius 3 is 2.75 bits per heavy atom. The minimum Gasteiger partial charge on any atom is -0.481 e. The largest absolute Gasteiger partial charge is 0.481 e. The summed E-state index contributed by atoms with van der Waals surface area (Å²) in [5, 5.41) is 9.16. The van der Waals surface area contributed by atoms with E-state index in [0.717, 1.165) is 11.8 Å². The summed E-state index contributed by atoms with van der Waals surface area (Å²) in [6, 6.07) is 6.23. The Bertz CT molecular complexity index is 733. The third kappa shape index (κ3) is 3.00. The number of esters is 1. The molecule has 1 aromatic carbocycles. The smallest absolute Gasteiger partial charge is 0.351 e. The lowest BCUT2D eigenvalue weighted by Crippen LogP contribution is -2.14. The number of carboxylic acid groups (broad SMARTS) is 1. The van der Waals surface area contributed by atoms with Gasteiger partial charge >= 0.3 is 17.6 Å². The summed E-state index contributed by atoms with van der Waals surface area (Å²) >= 11 is 1.13. The number of rotatable bonds is 4. The molecule has 2 rings (SSSR count). The molecule has 0 aliphatic rings. The number of hydrogen-bond acceptors (Lipinski definition) is 6. The van der Waals surface area contributed by atoms with Crippen molar-refractivity contribution >= 4 is 34.7 Å². The lowest BCUT2D eigenvalue weighted by Gasteiger charge is -2.03. The van der Waals surface area contributed by atoms with E-state index in [0.29, 0.717) is 15.9 Å².